The van der Waals surface area contributed by atoms with E-state index in [1.54, 1.807) is 0 Å². The summed E-state index contributed by atoms with van der Waals surface area (Å²) in [6, 6.07) is 43.9. The summed E-state index contributed by atoms with van der Waals surface area (Å²) in [5.41, 5.74) is 8.51. The number of nitrogens with zero attached hydrogens (tertiary/aromatic N) is 4. The monoisotopic (exact) mass is 616 g/mol. The number of fused-ring (bicyclic) bond motifs is 1. The first-order chi connectivity index (χ1) is 23.8. The molecule has 4 heteroatoms. The maximum absolute atomic E-state index is 9.34. The molecule has 0 spiro atoms. The lowest BCUT2D eigenvalue weighted by Gasteiger charge is -2.24. The Kier molecular flexibility index (Phi) is 7.86. The maximum Gasteiger partial charge on any atom is 0.164 e. The van der Waals surface area contributed by atoms with Crippen molar-refractivity contribution in [1.82, 2.24) is 15.0 Å². The number of aromatic nitrogens is 3. The van der Waals surface area contributed by atoms with Crippen LogP contribution in [0.5, 0.6) is 0 Å². The summed E-state index contributed by atoms with van der Waals surface area (Å²) >= 11 is 0. The number of rotatable bonds is 6. The Hall–Kier alpha value is -6.18. The highest BCUT2D eigenvalue weighted by Crippen LogP contribution is 2.41. The lowest BCUT2D eigenvalue weighted by molar-refractivity contribution is 0.763. The largest absolute Gasteiger partial charge is 0.213 e. The van der Waals surface area contributed by atoms with Crippen molar-refractivity contribution in [2.45, 2.75) is 24.7 Å². The van der Waals surface area contributed by atoms with Crippen LogP contribution in [0.2, 0.25) is 0 Å². The molecule has 1 aromatic heterocycles. The summed E-state index contributed by atoms with van der Waals surface area (Å²) in [7, 11) is 0. The van der Waals surface area contributed by atoms with Crippen LogP contribution in [-0.2, 0) is 0 Å². The average molecular weight is 617 g/mol. The number of benzene rings is 5. The van der Waals surface area contributed by atoms with Gasteiger partial charge < -0.3 is 0 Å². The minimum Gasteiger partial charge on any atom is -0.213 e. The summed E-state index contributed by atoms with van der Waals surface area (Å²) in [5.74, 6) is 2.29. The van der Waals surface area contributed by atoms with Gasteiger partial charge in [0.15, 0.2) is 11.6 Å². The Morgan fingerprint density at radius 2 is 1.12 bits per heavy atom. The molecule has 2 atom stereocenters. The van der Waals surface area contributed by atoms with E-state index in [9.17, 15) is 5.26 Å². The second-order valence-electron chi connectivity index (χ2n) is 12.2. The van der Waals surface area contributed by atoms with E-state index in [0.29, 0.717) is 11.4 Å². The first-order valence-corrected chi connectivity index (χ1v) is 16.4. The maximum atomic E-state index is 9.34. The zero-order valence-corrected chi connectivity index (χ0v) is 26.4. The molecule has 0 aliphatic heterocycles. The van der Waals surface area contributed by atoms with Gasteiger partial charge in [0.05, 0.1) is 11.6 Å². The van der Waals surface area contributed by atoms with Crippen molar-refractivity contribution in [3.63, 3.8) is 0 Å². The van der Waals surface area contributed by atoms with Crippen molar-refractivity contribution in [3.05, 3.63) is 186 Å². The van der Waals surface area contributed by atoms with Crippen molar-refractivity contribution in [1.29, 1.82) is 5.26 Å². The van der Waals surface area contributed by atoms with Gasteiger partial charge in [-0.05, 0) is 69.6 Å². The van der Waals surface area contributed by atoms with Crippen LogP contribution in [0.15, 0.2) is 158 Å². The highest BCUT2D eigenvalue weighted by molar-refractivity contribution is 6.04. The van der Waals surface area contributed by atoms with Gasteiger partial charge in [-0.2, -0.15) is 5.26 Å². The molecule has 0 radical (unpaired) electrons. The smallest absolute Gasteiger partial charge is 0.164 e. The van der Waals surface area contributed by atoms with E-state index in [-0.39, 0.29) is 11.8 Å². The van der Waals surface area contributed by atoms with Gasteiger partial charge in [0.25, 0.3) is 0 Å². The summed E-state index contributed by atoms with van der Waals surface area (Å²) in [6.45, 7) is 0. The standard InChI is InChI=1S/C44H32N4/c45-29-30-23-25-33(26-24-30)36-27-28-41(38-20-10-9-19-37(36)38)44-47-42(39-21-11-7-17-34(39)31-13-3-1-4-14-31)46-43(48-44)40-22-12-8-18-35(40)32-15-5-2-6-16-32/h1-17,19-20,22-28,35,39H,18,21H2. The van der Waals surface area contributed by atoms with Crippen molar-refractivity contribution in [2.75, 3.05) is 0 Å². The molecule has 2 aliphatic carbocycles. The summed E-state index contributed by atoms with van der Waals surface area (Å²) < 4.78 is 0. The van der Waals surface area contributed by atoms with Gasteiger partial charge in [-0.15, -0.1) is 0 Å². The van der Waals surface area contributed by atoms with Crippen molar-refractivity contribution in [3.8, 4) is 28.6 Å². The van der Waals surface area contributed by atoms with Crippen LogP contribution in [0.4, 0.5) is 0 Å². The van der Waals surface area contributed by atoms with Crippen molar-refractivity contribution < 1.29 is 0 Å². The van der Waals surface area contributed by atoms with Crippen LogP contribution in [0, 0.1) is 11.3 Å². The van der Waals surface area contributed by atoms with E-state index in [1.807, 2.05) is 24.3 Å². The fraction of sp³-hybridized carbons (Fsp3) is 0.0909. The minimum atomic E-state index is -0.0167. The first-order valence-electron chi connectivity index (χ1n) is 16.4. The number of nitriles is 1. The Bertz CT molecular complexity index is 2290. The second kappa shape index (κ2) is 12.9. The Balaban J connectivity index is 1.32. The first kappa shape index (κ1) is 29.2. The molecular formula is C44H32N4. The van der Waals surface area contributed by atoms with Gasteiger partial charge in [0.2, 0.25) is 0 Å². The van der Waals surface area contributed by atoms with Crippen LogP contribution in [0.25, 0.3) is 44.4 Å². The SMILES string of the molecule is N#Cc1ccc(-c2ccc(-c3nc(C4=CC=CCC4c4ccccc4)nc(C4CC=CC=C4c4ccccc4)n3)c3ccccc23)cc1. The molecular weight excluding hydrogens is 585 g/mol. The molecule has 0 saturated heterocycles. The fourth-order valence-electron chi connectivity index (χ4n) is 6.93. The quantitative estimate of drug-likeness (QED) is 0.187. The van der Waals surface area contributed by atoms with E-state index >= 15 is 0 Å². The molecule has 0 bridgehead atoms. The predicted octanol–water partition coefficient (Wildman–Crippen LogP) is 10.5. The van der Waals surface area contributed by atoms with E-state index in [2.05, 4.69) is 140 Å². The van der Waals surface area contributed by atoms with E-state index < -0.39 is 0 Å². The molecule has 1 heterocycles. The van der Waals surface area contributed by atoms with Crippen LogP contribution >= 0.6 is 0 Å². The van der Waals surface area contributed by atoms with Gasteiger partial charge >= 0.3 is 0 Å². The van der Waals surface area contributed by atoms with Gasteiger partial charge in [0, 0.05) is 23.0 Å². The molecule has 6 aromatic rings. The molecule has 0 amide bonds. The second-order valence-corrected chi connectivity index (χ2v) is 12.2. The van der Waals surface area contributed by atoms with Gasteiger partial charge in [-0.25, -0.2) is 15.0 Å². The van der Waals surface area contributed by atoms with E-state index in [4.69, 9.17) is 15.0 Å². The third-order valence-corrected chi connectivity index (χ3v) is 9.34. The lowest BCUT2D eigenvalue weighted by atomic mass is 9.84. The van der Waals surface area contributed by atoms with Crippen LogP contribution < -0.4 is 0 Å². The molecule has 48 heavy (non-hydrogen) atoms. The molecule has 0 N–H and O–H groups in total. The minimum absolute atomic E-state index is 0.0167. The van der Waals surface area contributed by atoms with Crippen molar-refractivity contribution in [2.24, 2.45) is 0 Å². The number of allylic oxidation sites excluding steroid dienone is 8. The topological polar surface area (TPSA) is 62.5 Å². The van der Waals surface area contributed by atoms with Crippen LogP contribution in [0.1, 0.15) is 53.0 Å². The van der Waals surface area contributed by atoms with Gasteiger partial charge in [0.1, 0.15) is 5.82 Å². The highest BCUT2D eigenvalue weighted by Gasteiger charge is 2.27. The molecule has 8 rings (SSSR count). The zero-order valence-electron chi connectivity index (χ0n) is 26.4. The molecule has 0 fully saturated rings. The predicted molar refractivity (Wildman–Crippen MR) is 195 cm³/mol. The number of hydrogen-bond acceptors (Lipinski definition) is 4. The molecule has 5 aromatic carbocycles. The molecule has 0 saturated carbocycles. The Labute approximate surface area is 280 Å². The normalized spacial score (nSPS) is 17.1. The summed E-state index contributed by atoms with van der Waals surface area (Å²) in [6.07, 6.45) is 14.8. The van der Waals surface area contributed by atoms with Gasteiger partial charge in [-0.3, -0.25) is 0 Å². The zero-order chi connectivity index (χ0) is 32.3. The number of hydrogen-bond donors (Lipinski definition) is 0. The van der Waals surface area contributed by atoms with E-state index in [0.717, 1.165) is 57.5 Å². The third kappa shape index (κ3) is 5.57. The molecule has 4 nitrogen and oxygen atoms in total. The molecule has 228 valence electrons. The molecule has 2 unspecified atom stereocenters. The van der Waals surface area contributed by atoms with E-state index in [1.165, 1.54) is 16.7 Å². The average Bonchev–Trinajstić information content (AvgIpc) is 3.18. The fourth-order valence-corrected chi connectivity index (χ4v) is 6.93. The third-order valence-electron chi connectivity index (χ3n) is 9.34. The lowest BCUT2D eigenvalue weighted by Crippen LogP contribution is -2.15. The highest BCUT2D eigenvalue weighted by atomic mass is 15.0. The Morgan fingerprint density at radius 1 is 0.521 bits per heavy atom. The van der Waals surface area contributed by atoms with Crippen LogP contribution in [-0.4, -0.2) is 15.0 Å². The summed E-state index contributed by atoms with van der Waals surface area (Å²) in [4.78, 5) is 15.9. The van der Waals surface area contributed by atoms with Gasteiger partial charge in [-0.1, -0.05) is 140 Å². The Morgan fingerprint density at radius 3 is 1.85 bits per heavy atom. The van der Waals surface area contributed by atoms with Crippen molar-refractivity contribution >= 4 is 21.9 Å². The van der Waals surface area contributed by atoms with Crippen LogP contribution in [0.3, 0.4) is 0 Å². The summed E-state index contributed by atoms with van der Waals surface area (Å²) in [5, 5.41) is 11.5. The molecule has 2 aliphatic rings.